The van der Waals surface area contributed by atoms with Gasteiger partial charge in [-0.15, -0.1) is 0 Å². The molecule has 1 saturated heterocycles. The van der Waals surface area contributed by atoms with Gasteiger partial charge in [-0.2, -0.15) is 5.10 Å². The highest BCUT2D eigenvalue weighted by atomic mass is 35.5. The number of ether oxygens (including phenoxy) is 1. The molecule has 8 nitrogen and oxygen atoms in total. The Bertz CT molecular complexity index is 1420. The predicted molar refractivity (Wildman–Crippen MR) is 152 cm³/mol. The summed E-state index contributed by atoms with van der Waals surface area (Å²) in [6, 6.07) is 13.3. The Morgan fingerprint density at radius 1 is 1.00 bits per heavy atom. The number of rotatable bonds is 4. The number of halogens is 2. The van der Waals surface area contributed by atoms with Crippen LogP contribution >= 0.6 is 11.6 Å². The van der Waals surface area contributed by atoms with Crippen molar-refractivity contribution in [1.29, 1.82) is 0 Å². The number of carbonyl (C=O) groups is 2. The van der Waals surface area contributed by atoms with Crippen molar-refractivity contribution >= 4 is 35.3 Å². The lowest BCUT2D eigenvalue weighted by molar-refractivity contribution is 0.0253. The van der Waals surface area contributed by atoms with E-state index in [-0.39, 0.29) is 30.5 Å². The van der Waals surface area contributed by atoms with Crippen molar-refractivity contribution in [3.63, 3.8) is 0 Å². The first-order chi connectivity index (χ1) is 19.1. The minimum atomic E-state index is -0.694. The summed E-state index contributed by atoms with van der Waals surface area (Å²) in [5, 5.41) is 7.28. The van der Waals surface area contributed by atoms with E-state index in [2.05, 4.69) is 5.43 Å². The van der Waals surface area contributed by atoms with Crippen LogP contribution in [0.15, 0.2) is 48.5 Å². The average Bonchev–Trinajstić information content (AvgIpc) is 3.30. The zero-order valence-electron chi connectivity index (χ0n) is 22.9. The highest BCUT2D eigenvalue weighted by Gasteiger charge is 2.35. The van der Waals surface area contributed by atoms with E-state index < -0.39 is 11.7 Å². The summed E-state index contributed by atoms with van der Waals surface area (Å²) >= 11 is 6.16. The zero-order valence-corrected chi connectivity index (χ0v) is 23.7. The summed E-state index contributed by atoms with van der Waals surface area (Å²) in [5.41, 5.74) is 6.06. The third-order valence-corrected chi connectivity index (χ3v) is 7.01. The first-order valence-electron chi connectivity index (χ1n) is 13.5. The van der Waals surface area contributed by atoms with Gasteiger partial charge in [0.2, 0.25) is 0 Å². The van der Waals surface area contributed by atoms with E-state index in [1.54, 1.807) is 33.8 Å². The van der Waals surface area contributed by atoms with Crippen molar-refractivity contribution in [2.24, 2.45) is 0 Å². The lowest BCUT2D eigenvalue weighted by Gasteiger charge is -2.32. The fraction of sp³-hybridized carbons (Fsp3) is 0.367. The third kappa shape index (κ3) is 6.37. The summed E-state index contributed by atoms with van der Waals surface area (Å²) in [6.07, 6.45) is 4.54. The first kappa shape index (κ1) is 27.9. The zero-order chi connectivity index (χ0) is 28.4. The maximum atomic E-state index is 13.7. The highest BCUT2D eigenvalue weighted by molar-refractivity contribution is 6.30. The molecule has 2 amide bonds. The molecular formula is C30H33ClFN5O3. The van der Waals surface area contributed by atoms with E-state index in [1.807, 2.05) is 44.0 Å². The molecule has 1 aromatic heterocycles. The molecule has 0 aliphatic carbocycles. The van der Waals surface area contributed by atoms with Gasteiger partial charge in [-0.3, -0.25) is 15.1 Å². The molecule has 0 bridgehead atoms. The van der Waals surface area contributed by atoms with E-state index in [0.717, 1.165) is 43.5 Å². The monoisotopic (exact) mass is 565 g/mol. The minimum Gasteiger partial charge on any atom is -0.444 e. The number of nitrogens with one attached hydrogen (secondary N) is 1. The number of amides is 2. The third-order valence-electron chi connectivity index (χ3n) is 6.76. The summed E-state index contributed by atoms with van der Waals surface area (Å²) in [6.45, 7) is 7.33. The number of benzene rings is 2. The van der Waals surface area contributed by atoms with Crippen LogP contribution in [0.2, 0.25) is 5.02 Å². The van der Waals surface area contributed by atoms with E-state index in [1.165, 1.54) is 12.1 Å². The SMILES string of the molecule is CC(C)(C)OC(=O)N1C/C(=C\c2ccc(F)cc2)c2c(c(C(=O)NN3CCCCC3)nn2-c2ccc(Cl)cc2)C1. The van der Waals surface area contributed by atoms with Crippen LogP contribution in [-0.4, -0.2) is 56.9 Å². The molecule has 210 valence electrons. The molecule has 0 saturated carbocycles. The Morgan fingerprint density at radius 3 is 2.33 bits per heavy atom. The van der Waals surface area contributed by atoms with Crippen molar-refractivity contribution in [3.05, 3.63) is 81.9 Å². The number of hydrogen-bond acceptors (Lipinski definition) is 5. The van der Waals surface area contributed by atoms with Crippen molar-refractivity contribution in [1.82, 2.24) is 25.1 Å². The standard InChI is InChI=1S/C30H33ClFN5O3/c1-30(2,3)40-29(39)35-18-21(17-20-7-11-23(32)12-8-20)27-25(19-35)26(28(38)34-36-15-5-4-6-16-36)33-37(27)24-13-9-22(31)10-14-24/h7-14,17H,4-6,15-16,18-19H2,1-3H3,(H,34,38)/b21-17+. The van der Waals surface area contributed by atoms with Crippen molar-refractivity contribution in [2.45, 2.75) is 52.2 Å². The van der Waals surface area contributed by atoms with Gasteiger partial charge in [-0.1, -0.05) is 30.2 Å². The van der Waals surface area contributed by atoms with Crippen LogP contribution in [0.3, 0.4) is 0 Å². The Hall–Kier alpha value is -3.69. The smallest absolute Gasteiger partial charge is 0.410 e. The van der Waals surface area contributed by atoms with Crippen LogP contribution in [0.5, 0.6) is 0 Å². The van der Waals surface area contributed by atoms with Gasteiger partial charge in [-0.05, 0) is 87.2 Å². The Balaban J connectivity index is 1.64. The number of fused-ring (bicyclic) bond motifs is 1. The molecule has 2 aliphatic rings. The fourth-order valence-electron chi connectivity index (χ4n) is 4.94. The molecule has 10 heteroatoms. The van der Waals surface area contributed by atoms with Crippen LogP contribution in [-0.2, 0) is 11.3 Å². The van der Waals surface area contributed by atoms with E-state index >= 15 is 0 Å². The van der Waals surface area contributed by atoms with E-state index in [0.29, 0.717) is 22.0 Å². The van der Waals surface area contributed by atoms with E-state index in [4.69, 9.17) is 21.4 Å². The summed E-state index contributed by atoms with van der Waals surface area (Å²) in [4.78, 5) is 28.5. The number of aromatic nitrogens is 2. The van der Waals surface area contributed by atoms with Crippen LogP contribution in [0.1, 0.15) is 67.3 Å². The summed E-state index contributed by atoms with van der Waals surface area (Å²) in [5.74, 6) is -0.678. The number of piperidine rings is 1. The first-order valence-corrected chi connectivity index (χ1v) is 13.8. The highest BCUT2D eigenvalue weighted by Crippen LogP contribution is 2.34. The number of hydrogen-bond donors (Lipinski definition) is 1. The van der Waals surface area contributed by atoms with Crippen molar-refractivity contribution in [2.75, 3.05) is 19.6 Å². The number of hydrazine groups is 1. The van der Waals surface area contributed by atoms with Gasteiger partial charge in [0.05, 0.1) is 24.5 Å². The Labute approximate surface area is 238 Å². The average molecular weight is 566 g/mol. The predicted octanol–water partition coefficient (Wildman–Crippen LogP) is 6.09. The summed E-state index contributed by atoms with van der Waals surface area (Å²) < 4.78 is 21.1. The van der Waals surface area contributed by atoms with Crippen LogP contribution in [0, 0.1) is 5.82 Å². The maximum absolute atomic E-state index is 13.7. The van der Waals surface area contributed by atoms with Gasteiger partial charge < -0.3 is 4.74 Å². The molecule has 3 heterocycles. The molecular weight excluding hydrogens is 533 g/mol. The van der Waals surface area contributed by atoms with Crippen LogP contribution < -0.4 is 5.43 Å². The summed E-state index contributed by atoms with van der Waals surface area (Å²) in [7, 11) is 0. The maximum Gasteiger partial charge on any atom is 0.410 e. The second-order valence-corrected chi connectivity index (χ2v) is 11.5. The Morgan fingerprint density at radius 2 is 1.68 bits per heavy atom. The van der Waals surface area contributed by atoms with Gasteiger partial charge in [0.25, 0.3) is 5.91 Å². The topological polar surface area (TPSA) is 79.7 Å². The second-order valence-electron chi connectivity index (χ2n) is 11.1. The molecule has 1 fully saturated rings. The second kappa shape index (κ2) is 11.4. The van der Waals surface area contributed by atoms with E-state index in [9.17, 15) is 14.0 Å². The number of nitrogens with zero attached hydrogens (tertiary/aromatic N) is 4. The van der Waals surface area contributed by atoms with Gasteiger partial charge in [-0.25, -0.2) is 18.9 Å². The van der Waals surface area contributed by atoms with Crippen molar-refractivity contribution in [3.8, 4) is 5.69 Å². The minimum absolute atomic E-state index is 0.140. The largest absolute Gasteiger partial charge is 0.444 e. The lowest BCUT2D eigenvalue weighted by atomic mass is 9.97. The van der Waals surface area contributed by atoms with Gasteiger partial charge >= 0.3 is 6.09 Å². The molecule has 40 heavy (non-hydrogen) atoms. The molecule has 0 spiro atoms. The van der Waals surface area contributed by atoms with Gasteiger partial charge in [0, 0.05) is 23.7 Å². The molecule has 5 rings (SSSR count). The van der Waals surface area contributed by atoms with Crippen LogP contribution in [0.4, 0.5) is 9.18 Å². The Kier molecular flexibility index (Phi) is 7.96. The lowest BCUT2D eigenvalue weighted by Crippen LogP contribution is -2.45. The quantitative estimate of drug-likeness (QED) is 0.414. The molecule has 0 unspecified atom stereocenters. The molecule has 0 atom stereocenters. The normalized spacial score (nSPS) is 17.0. The van der Waals surface area contributed by atoms with Crippen LogP contribution in [0.25, 0.3) is 17.3 Å². The molecule has 0 radical (unpaired) electrons. The van der Waals surface area contributed by atoms with Gasteiger partial charge in [0.1, 0.15) is 11.4 Å². The van der Waals surface area contributed by atoms with Crippen molar-refractivity contribution < 1.29 is 18.7 Å². The van der Waals surface area contributed by atoms with Gasteiger partial charge in [0.15, 0.2) is 5.69 Å². The molecule has 3 aromatic rings. The molecule has 2 aromatic carbocycles. The number of carbonyl (C=O) groups excluding carboxylic acids is 2. The molecule has 1 N–H and O–H groups in total. The molecule has 2 aliphatic heterocycles. The fourth-order valence-corrected chi connectivity index (χ4v) is 5.07.